The van der Waals surface area contributed by atoms with Gasteiger partial charge in [-0.1, -0.05) is 37.3 Å². The Kier molecular flexibility index (Phi) is 5.72. The summed E-state index contributed by atoms with van der Waals surface area (Å²) in [6.45, 7) is 4.38. The first kappa shape index (κ1) is 11.6. The Morgan fingerprint density at radius 1 is 1.29 bits per heavy atom. The monoisotopic (exact) mass is 209 g/mol. The molecule has 0 aliphatic carbocycles. The standard InChI is InChI=1S/C12H19NS/c1-11(10-14-2)8-13-9-12-6-4-3-5-7-12/h3-7,11,13H,8-10H2,1-2H3. The topological polar surface area (TPSA) is 12.0 Å². The Hall–Kier alpha value is -0.470. The Morgan fingerprint density at radius 3 is 2.64 bits per heavy atom. The third kappa shape index (κ3) is 4.68. The van der Waals surface area contributed by atoms with Gasteiger partial charge >= 0.3 is 0 Å². The summed E-state index contributed by atoms with van der Waals surface area (Å²) in [5, 5.41) is 3.47. The lowest BCUT2D eigenvalue weighted by Crippen LogP contribution is -2.21. The van der Waals surface area contributed by atoms with E-state index in [0.717, 1.165) is 19.0 Å². The summed E-state index contributed by atoms with van der Waals surface area (Å²) < 4.78 is 0. The first-order valence-corrected chi connectivity index (χ1v) is 6.46. The highest BCUT2D eigenvalue weighted by atomic mass is 32.2. The van der Waals surface area contributed by atoms with E-state index in [9.17, 15) is 0 Å². The molecule has 0 radical (unpaired) electrons. The van der Waals surface area contributed by atoms with Crippen LogP contribution >= 0.6 is 11.8 Å². The van der Waals surface area contributed by atoms with Crippen LogP contribution in [0.15, 0.2) is 30.3 Å². The van der Waals surface area contributed by atoms with Crippen molar-refractivity contribution in [2.45, 2.75) is 13.5 Å². The van der Waals surface area contributed by atoms with Crippen LogP contribution in [0.2, 0.25) is 0 Å². The van der Waals surface area contributed by atoms with E-state index < -0.39 is 0 Å². The van der Waals surface area contributed by atoms with Crippen LogP contribution in [0.5, 0.6) is 0 Å². The number of thioether (sulfide) groups is 1. The molecule has 1 rings (SSSR count). The molecule has 1 aromatic carbocycles. The third-order valence-electron chi connectivity index (χ3n) is 2.12. The molecular formula is C12H19NS. The van der Waals surface area contributed by atoms with Gasteiger partial charge < -0.3 is 5.32 Å². The van der Waals surface area contributed by atoms with Crippen molar-refractivity contribution >= 4 is 11.8 Å². The SMILES string of the molecule is CSCC(C)CNCc1ccccc1. The molecule has 1 unspecified atom stereocenters. The smallest absolute Gasteiger partial charge is 0.0205 e. The van der Waals surface area contributed by atoms with Crippen molar-refractivity contribution in [1.82, 2.24) is 5.32 Å². The molecule has 0 bridgehead atoms. The second-order valence-electron chi connectivity index (χ2n) is 3.68. The van der Waals surface area contributed by atoms with E-state index in [2.05, 4.69) is 48.8 Å². The van der Waals surface area contributed by atoms with Crippen molar-refractivity contribution < 1.29 is 0 Å². The number of rotatable bonds is 6. The van der Waals surface area contributed by atoms with Crippen LogP contribution in [0.3, 0.4) is 0 Å². The number of benzene rings is 1. The van der Waals surface area contributed by atoms with Crippen molar-refractivity contribution in [3.8, 4) is 0 Å². The molecule has 0 saturated carbocycles. The molecule has 0 fully saturated rings. The molecule has 0 spiro atoms. The quantitative estimate of drug-likeness (QED) is 0.773. The van der Waals surface area contributed by atoms with Crippen LogP contribution in [-0.2, 0) is 6.54 Å². The van der Waals surface area contributed by atoms with Crippen LogP contribution in [0.1, 0.15) is 12.5 Å². The van der Waals surface area contributed by atoms with Gasteiger partial charge in [-0.3, -0.25) is 0 Å². The van der Waals surface area contributed by atoms with Gasteiger partial charge in [0.15, 0.2) is 0 Å². The highest BCUT2D eigenvalue weighted by Crippen LogP contribution is 2.03. The molecule has 0 heterocycles. The summed E-state index contributed by atoms with van der Waals surface area (Å²) >= 11 is 1.92. The molecule has 0 saturated heterocycles. The third-order valence-corrected chi connectivity index (χ3v) is 3.02. The van der Waals surface area contributed by atoms with E-state index in [4.69, 9.17) is 0 Å². The zero-order valence-electron chi connectivity index (χ0n) is 8.99. The summed E-state index contributed by atoms with van der Waals surface area (Å²) in [4.78, 5) is 0. The average Bonchev–Trinajstić information content (AvgIpc) is 2.20. The predicted octanol–water partition coefficient (Wildman–Crippen LogP) is 2.78. The fourth-order valence-electron chi connectivity index (χ4n) is 1.40. The first-order chi connectivity index (χ1) is 6.83. The minimum atomic E-state index is 0.758. The first-order valence-electron chi connectivity index (χ1n) is 5.06. The maximum Gasteiger partial charge on any atom is 0.0205 e. The molecule has 0 amide bonds. The highest BCUT2D eigenvalue weighted by Gasteiger charge is 1.99. The van der Waals surface area contributed by atoms with Gasteiger partial charge in [-0.05, 0) is 30.0 Å². The summed E-state index contributed by atoms with van der Waals surface area (Å²) in [5.74, 6) is 2.00. The maximum absolute atomic E-state index is 3.47. The summed E-state index contributed by atoms with van der Waals surface area (Å²) in [5.41, 5.74) is 1.36. The molecule has 78 valence electrons. The minimum absolute atomic E-state index is 0.758. The summed E-state index contributed by atoms with van der Waals surface area (Å²) in [6, 6.07) is 10.5. The van der Waals surface area contributed by atoms with Gasteiger partial charge in [0.05, 0.1) is 0 Å². The zero-order chi connectivity index (χ0) is 10.2. The van der Waals surface area contributed by atoms with E-state index in [-0.39, 0.29) is 0 Å². The van der Waals surface area contributed by atoms with Crippen LogP contribution in [0.25, 0.3) is 0 Å². The number of hydrogen-bond acceptors (Lipinski definition) is 2. The molecule has 0 aromatic heterocycles. The van der Waals surface area contributed by atoms with Crippen molar-refractivity contribution in [3.05, 3.63) is 35.9 Å². The fraction of sp³-hybridized carbons (Fsp3) is 0.500. The Morgan fingerprint density at radius 2 is 2.00 bits per heavy atom. The fourth-order valence-corrected chi connectivity index (χ4v) is 2.09. The predicted molar refractivity (Wildman–Crippen MR) is 65.7 cm³/mol. The normalized spacial score (nSPS) is 12.7. The van der Waals surface area contributed by atoms with Gasteiger partial charge in [0, 0.05) is 6.54 Å². The second-order valence-corrected chi connectivity index (χ2v) is 4.59. The molecule has 1 nitrogen and oxygen atoms in total. The van der Waals surface area contributed by atoms with E-state index in [0.29, 0.717) is 0 Å². The van der Waals surface area contributed by atoms with Crippen molar-refractivity contribution in [1.29, 1.82) is 0 Å². The van der Waals surface area contributed by atoms with Gasteiger partial charge in [-0.25, -0.2) is 0 Å². The Labute approximate surface area is 91.3 Å². The van der Waals surface area contributed by atoms with Gasteiger partial charge in [0.25, 0.3) is 0 Å². The van der Waals surface area contributed by atoms with Gasteiger partial charge in [0.2, 0.25) is 0 Å². The summed E-state index contributed by atoms with van der Waals surface area (Å²) in [7, 11) is 0. The molecule has 1 N–H and O–H groups in total. The molecular weight excluding hydrogens is 190 g/mol. The number of hydrogen-bond donors (Lipinski definition) is 1. The van der Waals surface area contributed by atoms with Crippen LogP contribution in [-0.4, -0.2) is 18.6 Å². The largest absolute Gasteiger partial charge is 0.312 e. The van der Waals surface area contributed by atoms with E-state index in [1.54, 1.807) is 0 Å². The maximum atomic E-state index is 3.47. The lowest BCUT2D eigenvalue weighted by Gasteiger charge is -2.10. The Balaban J connectivity index is 2.16. The lowest BCUT2D eigenvalue weighted by molar-refractivity contribution is 0.559. The molecule has 0 aliphatic heterocycles. The van der Waals surface area contributed by atoms with Gasteiger partial charge in [0.1, 0.15) is 0 Å². The average molecular weight is 209 g/mol. The van der Waals surface area contributed by atoms with Crippen LogP contribution in [0, 0.1) is 5.92 Å². The minimum Gasteiger partial charge on any atom is -0.312 e. The van der Waals surface area contributed by atoms with E-state index in [1.165, 1.54) is 11.3 Å². The molecule has 1 aromatic rings. The van der Waals surface area contributed by atoms with E-state index >= 15 is 0 Å². The van der Waals surface area contributed by atoms with Crippen molar-refractivity contribution in [3.63, 3.8) is 0 Å². The molecule has 2 heteroatoms. The molecule has 14 heavy (non-hydrogen) atoms. The second kappa shape index (κ2) is 6.91. The molecule has 1 atom stereocenters. The van der Waals surface area contributed by atoms with Crippen molar-refractivity contribution in [2.24, 2.45) is 5.92 Å². The van der Waals surface area contributed by atoms with Crippen LogP contribution in [0.4, 0.5) is 0 Å². The van der Waals surface area contributed by atoms with E-state index in [1.807, 2.05) is 11.8 Å². The number of nitrogens with one attached hydrogen (secondary N) is 1. The van der Waals surface area contributed by atoms with Gasteiger partial charge in [-0.2, -0.15) is 11.8 Å². The van der Waals surface area contributed by atoms with Crippen molar-refractivity contribution in [2.75, 3.05) is 18.6 Å². The van der Waals surface area contributed by atoms with Gasteiger partial charge in [-0.15, -0.1) is 0 Å². The lowest BCUT2D eigenvalue weighted by atomic mass is 10.2. The zero-order valence-corrected chi connectivity index (χ0v) is 9.81. The molecule has 0 aliphatic rings. The Bertz CT molecular complexity index is 235. The summed E-state index contributed by atoms with van der Waals surface area (Å²) in [6.07, 6.45) is 2.16. The highest BCUT2D eigenvalue weighted by molar-refractivity contribution is 7.98. The van der Waals surface area contributed by atoms with Crippen LogP contribution < -0.4 is 5.32 Å².